The van der Waals surface area contributed by atoms with E-state index in [0.29, 0.717) is 32.5 Å². The van der Waals surface area contributed by atoms with Crippen molar-refractivity contribution >= 4 is 5.91 Å². The SMILES string of the molecule is CCN(CCCO)C(=O)CCOc1cc(C)ccc1C. The molecule has 0 unspecified atom stereocenters. The van der Waals surface area contributed by atoms with Crippen molar-refractivity contribution in [3.63, 3.8) is 0 Å². The number of hydrogen-bond acceptors (Lipinski definition) is 3. The van der Waals surface area contributed by atoms with Gasteiger partial charge in [-0.15, -0.1) is 0 Å². The molecule has 0 spiro atoms. The zero-order valence-electron chi connectivity index (χ0n) is 12.7. The maximum atomic E-state index is 12.0. The Balaban J connectivity index is 2.42. The smallest absolute Gasteiger partial charge is 0.225 e. The van der Waals surface area contributed by atoms with Crippen LogP contribution in [0.25, 0.3) is 0 Å². The topological polar surface area (TPSA) is 49.8 Å². The van der Waals surface area contributed by atoms with E-state index in [2.05, 4.69) is 0 Å². The van der Waals surface area contributed by atoms with Gasteiger partial charge < -0.3 is 14.7 Å². The summed E-state index contributed by atoms with van der Waals surface area (Å²) in [4.78, 5) is 13.7. The van der Waals surface area contributed by atoms with Crippen LogP contribution in [0.5, 0.6) is 5.75 Å². The Bertz CT molecular complexity index is 432. The standard InChI is InChI=1S/C16H25NO3/c1-4-17(9-5-10-18)16(19)8-11-20-15-12-13(2)6-7-14(15)3/h6-7,12,18H,4-5,8-11H2,1-3H3. The third-order valence-corrected chi connectivity index (χ3v) is 3.24. The van der Waals surface area contributed by atoms with Gasteiger partial charge in [0.15, 0.2) is 0 Å². The van der Waals surface area contributed by atoms with E-state index in [1.54, 1.807) is 4.90 Å². The molecule has 1 aromatic carbocycles. The van der Waals surface area contributed by atoms with Crippen LogP contribution in [0.4, 0.5) is 0 Å². The van der Waals surface area contributed by atoms with Crippen LogP contribution in [0.15, 0.2) is 18.2 Å². The van der Waals surface area contributed by atoms with E-state index in [9.17, 15) is 4.79 Å². The van der Waals surface area contributed by atoms with Crippen molar-refractivity contribution in [2.24, 2.45) is 0 Å². The number of aliphatic hydroxyl groups is 1. The Kier molecular flexibility index (Phi) is 7.09. The van der Waals surface area contributed by atoms with Gasteiger partial charge in [0.1, 0.15) is 5.75 Å². The summed E-state index contributed by atoms with van der Waals surface area (Å²) in [6, 6.07) is 6.05. The monoisotopic (exact) mass is 279 g/mol. The fourth-order valence-electron chi connectivity index (χ4n) is 1.99. The van der Waals surface area contributed by atoms with Crippen LogP contribution in [0, 0.1) is 13.8 Å². The largest absolute Gasteiger partial charge is 0.493 e. The molecule has 112 valence electrons. The Morgan fingerprint density at radius 1 is 1.35 bits per heavy atom. The van der Waals surface area contributed by atoms with Crippen molar-refractivity contribution in [3.05, 3.63) is 29.3 Å². The number of ether oxygens (including phenoxy) is 1. The summed E-state index contributed by atoms with van der Waals surface area (Å²) in [5.41, 5.74) is 2.23. The third-order valence-electron chi connectivity index (χ3n) is 3.24. The number of aryl methyl sites for hydroxylation is 2. The van der Waals surface area contributed by atoms with Gasteiger partial charge in [-0.05, 0) is 44.4 Å². The zero-order chi connectivity index (χ0) is 15.0. The average molecular weight is 279 g/mol. The van der Waals surface area contributed by atoms with Gasteiger partial charge in [0.05, 0.1) is 13.0 Å². The molecular weight excluding hydrogens is 254 g/mol. The molecule has 0 heterocycles. The predicted octanol–water partition coefficient (Wildman–Crippen LogP) is 2.30. The Morgan fingerprint density at radius 2 is 2.10 bits per heavy atom. The molecule has 4 heteroatoms. The van der Waals surface area contributed by atoms with E-state index in [1.807, 2.05) is 39.0 Å². The number of carbonyl (C=O) groups excluding carboxylic acids is 1. The first-order valence-electron chi connectivity index (χ1n) is 7.17. The number of nitrogens with zero attached hydrogens (tertiary/aromatic N) is 1. The first-order chi connectivity index (χ1) is 9.58. The lowest BCUT2D eigenvalue weighted by atomic mass is 10.1. The molecule has 0 radical (unpaired) electrons. The summed E-state index contributed by atoms with van der Waals surface area (Å²) in [5.74, 6) is 0.919. The Hall–Kier alpha value is -1.55. The van der Waals surface area contributed by atoms with Gasteiger partial charge in [-0.3, -0.25) is 4.79 Å². The van der Waals surface area contributed by atoms with Crippen molar-refractivity contribution in [2.75, 3.05) is 26.3 Å². The highest BCUT2D eigenvalue weighted by atomic mass is 16.5. The minimum Gasteiger partial charge on any atom is -0.493 e. The van der Waals surface area contributed by atoms with E-state index in [1.165, 1.54) is 0 Å². The minimum atomic E-state index is 0.0752. The van der Waals surface area contributed by atoms with E-state index in [0.717, 1.165) is 16.9 Å². The van der Waals surface area contributed by atoms with Crippen molar-refractivity contribution in [1.82, 2.24) is 4.90 Å². The maximum Gasteiger partial charge on any atom is 0.225 e. The third kappa shape index (κ3) is 5.21. The molecule has 1 aromatic rings. The molecule has 1 amide bonds. The van der Waals surface area contributed by atoms with Crippen LogP contribution in [0.3, 0.4) is 0 Å². The van der Waals surface area contributed by atoms with Crippen molar-refractivity contribution < 1.29 is 14.6 Å². The van der Waals surface area contributed by atoms with Crippen LogP contribution in [0.2, 0.25) is 0 Å². The van der Waals surface area contributed by atoms with Crippen LogP contribution < -0.4 is 4.74 Å². The first kappa shape index (κ1) is 16.5. The Labute approximate surface area is 121 Å². The van der Waals surface area contributed by atoms with E-state index >= 15 is 0 Å². The summed E-state index contributed by atoms with van der Waals surface area (Å²) in [5, 5.41) is 8.81. The van der Waals surface area contributed by atoms with E-state index < -0.39 is 0 Å². The van der Waals surface area contributed by atoms with Crippen molar-refractivity contribution in [3.8, 4) is 5.75 Å². The molecule has 0 atom stereocenters. The lowest BCUT2D eigenvalue weighted by Crippen LogP contribution is -2.33. The summed E-state index contributed by atoms with van der Waals surface area (Å²) in [6.07, 6.45) is 0.990. The van der Waals surface area contributed by atoms with Gasteiger partial charge in [-0.2, -0.15) is 0 Å². The summed E-state index contributed by atoms with van der Waals surface area (Å²) >= 11 is 0. The Morgan fingerprint density at radius 3 is 2.75 bits per heavy atom. The molecule has 0 fully saturated rings. The van der Waals surface area contributed by atoms with Gasteiger partial charge in [0.2, 0.25) is 5.91 Å². The van der Waals surface area contributed by atoms with Crippen molar-refractivity contribution in [1.29, 1.82) is 0 Å². The van der Waals surface area contributed by atoms with Crippen LogP contribution in [-0.4, -0.2) is 42.2 Å². The number of aliphatic hydroxyl groups excluding tert-OH is 1. The quantitative estimate of drug-likeness (QED) is 0.794. The average Bonchev–Trinajstić information content (AvgIpc) is 2.43. The molecule has 0 aliphatic heterocycles. The zero-order valence-corrected chi connectivity index (χ0v) is 12.7. The number of carbonyl (C=O) groups is 1. The van der Waals surface area contributed by atoms with Crippen molar-refractivity contribution in [2.45, 2.75) is 33.6 Å². The molecule has 0 aliphatic rings. The normalized spacial score (nSPS) is 10.4. The lowest BCUT2D eigenvalue weighted by molar-refractivity contribution is -0.131. The minimum absolute atomic E-state index is 0.0752. The maximum absolute atomic E-state index is 12.0. The molecule has 1 rings (SSSR count). The molecule has 0 saturated carbocycles. The lowest BCUT2D eigenvalue weighted by Gasteiger charge is -2.20. The molecule has 20 heavy (non-hydrogen) atoms. The first-order valence-corrected chi connectivity index (χ1v) is 7.17. The number of hydrogen-bond donors (Lipinski definition) is 1. The number of benzene rings is 1. The summed E-state index contributed by atoms with van der Waals surface area (Å²) < 4.78 is 5.69. The predicted molar refractivity (Wildman–Crippen MR) is 80.0 cm³/mol. The molecule has 0 bridgehead atoms. The highest BCUT2D eigenvalue weighted by Gasteiger charge is 2.11. The van der Waals surface area contributed by atoms with Gasteiger partial charge in [-0.1, -0.05) is 12.1 Å². The van der Waals surface area contributed by atoms with Gasteiger partial charge >= 0.3 is 0 Å². The number of rotatable bonds is 8. The molecule has 1 N–H and O–H groups in total. The second kappa shape index (κ2) is 8.59. The second-order valence-corrected chi connectivity index (χ2v) is 4.92. The second-order valence-electron chi connectivity index (χ2n) is 4.92. The fourth-order valence-corrected chi connectivity index (χ4v) is 1.99. The van der Waals surface area contributed by atoms with Gasteiger partial charge in [0.25, 0.3) is 0 Å². The molecule has 0 saturated heterocycles. The van der Waals surface area contributed by atoms with Crippen LogP contribution in [-0.2, 0) is 4.79 Å². The molecule has 0 aliphatic carbocycles. The van der Waals surface area contributed by atoms with Gasteiger partial charge in [-0.25, -0.2) is 0 Å². The molecule has 0 aromatic heterocycles. The highest BCUT2D eigenvalue weighted by molar-refractivity contribution is 5.76. The summed E-state index contributed by atoms with van der Waals surface area (Å²) in [6.45, 7) is 7.74. The van der Waals surface area contributed by atoms with Crippen LogP contribution >= 0.6 is 0 Å². The fraction of sp³-hybridized carbons (Fsp3) is 0.562. The van der Waals surface area contributed by atoms with Crippen LogP contribution in [0.1, 0.15) is 30.9 Å². The van der Waals surface area contributed by atoms with E-state index in [4.69, 9.17) is 9.84 Å². The van der Waals surface area contributed by atoms with E-state index in [-0.39, 0.29) is 12.5 Å². The highest BCUT2D eigenvalue weighted by Crippen LogP contribution is 2.19. The van der Waals surface area contributed by atoms with Gasteiger partial charge in [0, 0.05) is 19.7 Å². The molecular formula is C16H25NO3. The summed E-state index contributed by atoms with van der Waals surface area (Å²) in [7, 11) is 0. The number of amides is 1. The molecule has 4 nitrogen and oxygen atoms in total.